The van der Waals surface area contributed by atoms with Crippen LogP contribution in [0.15, 0.2) is 59.5 Å². The second-order valence-electron chi connectivity index (χ2n) is 6.38. The summed E-state index contributed by atoms with van der Waals surface area (Å²) in [7, 11) is -7.23. The Bertz CT molecular complexity index is 975. The first-order valence-electron chi connectivity index (χ1n) is 8.26. The number of hydrogen-bond donors (Lipinski definition) is 1. The molecule has 1 fully saturated rings. The Morgan fingerprint density at radius 2 is 1.65 bits per heavy atom. The van der Waals surface area contributed by atoms with Crippen LogP contribution in [0.3, 0.4) is 0 Å². The van der Waals surface area contributed by atoms with Gasteiger partial charge in [0.1, 0.15) is 5.82 Å². The van der Waals surface area contributed by atoms with Crippen molar-refractivity contribution in [3.8, 4) is 0 Å². The molecule has 0 bridgehead atoms. The Morgan fingerprint density at radius 1 is 1.00 bits per heavy atom. The van der Waals surface area contributed by atoms with E-state index in [1.807, 2.05) is 0 Å². The van der Waals surface area contributed by atoms with Crippen molar-refractivity contribution in [2.75, 3.05) is 18.1 Å². The van der Waals surface area contributed by atoms with Gasteiger partial charge in [0.25, 0.3) is 0 Å². The van der Waals surface area contributed by atoms with Crippen LogP contribution in [0.1, 0.15) is 5.56 Å². The van der Waals surface area contributed by atoms with Crippen LogP contribution in [0.2, 0.25) is 0 Å². The van der Waals surface area contributed by atoms with Crippen LogP contribution in [0.25, 0.3) is 0 Å². The van der Waals surface area contributed by atoms with Gasteiger partial charge in [0, 0.05) is 6.04 Å². The quantitative estimate of drug-likeness (QED) is 0.801. The molecule has 0 unspecified atom stereocenters. The van der Waals surface area contributed by atoms with Gasteiger partial charge in [-0.3, -0.25) is 0 Å². The maximum atomic E-state index is 13.7. The summed E-state index contributed by atoms with van der Waals surface area (Å²) in [5, 5.41) is 1.97. The van der Waals surface area contributed by atoms with E-state index in [9.17, 15) is 21.2 Å². The molecular formula is C18H20FNO4S2. The van der Waals surface area contributed by atoms with Crippen LogP contribution in [0, 0.1) is 5.82 Å². The van der Waals surface area contributed by atoms with Gasteiger partial charge in [-0.05, 0) is 36.7 Å². The van der Waals surface area contributed by atoms with E-state index in [4.69, 9.17) is 0 Å². The molecule has 140 valence electrons. The summed E-state index contributed by atoms with van der Waals surface area (Å²) < 4.78 is 63.5. The highest BCUT2D eigenvalue weighted by atomic mass is 32.2. The van der Waals surface area contributed by atoms with Crippen molar-refractivity contribution >= 4 is 19.7 Å². The first-order chi connectivity index (χ1) is 12.3. The molecule has 2 aromatic carbocycles. The van der Waals surface area contributed by atoms with E-state index in [2.05, 4.69) is 5.32 Å². The number of rotatable bonds is 6. The summed E-state index contributed by atoms with van der Waals surface area (Å²) in [6, 6.07) is 13.5. The molecule has 1 heterocycles. The molecule has 5 nitrogen and oxygen atoms in total. The van der Waals surface area contributed by atoms with Crippen LogP contribution in [-0.2, 0) is 26.1 Å². The van der Waals surface area contributed by atoms with Crippen LogP contribution < -0.4 is 5.32 Å². The van der Waals surface area contributed by atoms with Crippen LogP contribution >= 0.6 is 0 Å². The standard InChI is InChI=1S/C18H20FNO4S2/c19-16-9-5-4-6-14(16)10-11-20-17-12-25(21,22)13-18(17)26(23,24)15-7-2-1-3-8-15/h1-9,17-18,20H,10-13H2/t17-,18-/m0/s1. The average molecular weight is 397 g/mol. The number of benzene rings is 2. The first-order valence-corrected chi connectivity index (χ1v) is 11.6. The lowest BCUT2D eigenvalue weighted by Crippen LogP contribution is -2.44. The van der Waals surface area contributed by atoms with Gasteiger partial charge in [-0.25, -0.2) is 21.2 Å². The summed E-state index contributed by atoms with van der Waals surface area (Å²) in [5.41, 5.74) is 0.503. The molecular weight excluding hydrogens is 377 g/mol. The van der Waals surface area contributed by atoms with Gasteiger partial charge in [-0.2, -0.15) is 0 Å². The number of nitrogens with one attached hydrogen (secondary N) is 1. The molecule has 1 N–H and O–H groups in total. The molecule has 0 saturated carbocycles. The Morgan fingerprint density at radius 3 is 2.35 bits per heavy atom. The highest BCUT2D eigenvalue weighted by molar-refractivity contribution is 7.96. The second-order valence-corrected chi connectivity index (χ2v) is 10.7. The van der Waals surface area contributed by atoms with Gasteiger partial charge in [0.2, 0.25) is 0 Å². The van der Waals surface area contributed by atoms with E-state index < -0.39 is 36.7 Å². The summed E-state index contributed by atoms with van der Waals surface area (Å²) in [6.07, 6.45) is 0.349. The molecule has 2 atom stereocenters. The van der Waals surface area contributed by atoms with E-state index in [1.165, 1.54) is 18.2 Å². The normalized spacial score (nSPS) is 22.3. The smallest absolute Gasteiger partial charge is 0.183 e. The molecule has 1 saturated heterocycles. The molecule has 1 aliphatic heterocycles. The van der Waals surface area contributed by atoms with Gasteiger partial charge in [-0.15, -0.1) is 0 Å². The molecule has 1 aliphatic rings. The summed E-state index contributed by atoms with van der Waals surface area (Å²) in [4.78, 5) is 0.114. The lowest BCUT2D eigenvalue weighted by atomic mass is 10.1. The first kappa shape index (κ1) is 19.0. The summed E-state index contributed by atoms with van der Waals surface area (Å²) >= 11 is 0. The molecule has 2 aromatic rings. The van der Waals surface area contributed by atoms with Crippen molar-refractivity contribution in [3.63, 3.8) is 0 Å². The minimum Gasteiger partial charge on any atom is -0.311 e. The number of hydrogen-bond acceptors (Lipinski definition) is 5. The second kappa shape index (κ2) is 7.46. The van der Waals surface area contributed by atoms with Crippen LogP contribution in [-0.4, -0.2) is 46.2 Å². The topological polar surface area (TPSA) is 80.3 Å². The third kappa shape index (κ3) is 4.13. The minimum absolute atomic E-state index is 0.114. The van der Waals surface area contributed by atoms with Crippen molar-refractivity contribution in [1.29, 1.82) is 0 Å². The van der Waals surface area contributed by atoms with Crippen LogP contribution in [0.4, 0.5) is 4.39 Å². The predicted molar refractivity (Wildman–Crippen MR) is 98.0 cm³/mol. The van der Waals surface area contributed by atoms with E-state index in [-0.39, 0.29) is 16.5 Å². The zero-order valence-corrected chi connectivity index (χ0v) is 15.6. The van der Waals surface area contributed by atoms with Crippen molar-refractivity contribution in [3.05, 3.63) is 66.0 Å². The number of sulfone groups is 2. The fourth-order valence-electron chi connectivity index (χ4n) is 3.19. The van der Waals surface area contributed by atoms with Crippen molar-refractivity contribution in [2.24, 2.45) is 0 Å². The highest BCUT2D eigenvalue weighted by Crippen LogP contribution is 2.26. The van der Waals surface area contributed by atoms with Gasteiger partial charge < -0.3 is 5.32 Å². The lowest BCUT2D eigenvalue weighted by Gasteiger charge is -2.20. The summed E-state index contributed by atoms with van der Waals surface area (Å²) in [6.45, 7) is 0.294. The fraction of sp³-hybridized carbons (Fsp3) is 0.333. The Kier molecular flexibility index (Phi) is 5.45. The van der Waals surface area contributed by atoms with Crippen molar-refractivity contribution in [1.82, 2.24) is 5.32 Å². The third-order valence-corrected chi connectivity index (χ3v) is 8.70. The van der Waals surface area contributed by atoms with E-state index in [0.29, 0.717) is 18.5 Å². The molecule has 0 aromatic heterocycles. The Hall–Kier alpha value is -1.77. The molecule has 0 amide bonds. The van der Waals surface area contributed by atoms with E-state index >= 15 is 0 Å². The molecule has 0 spiro atoms. The fourth-order valence-corrected chi connectivity index (χ4v) is 7.93. The van der Waals surface area contributed by atoms with Gasteiger partial charge in [0.15, 0.2) is 19.7 Å². The van der Waals surface area contributed by atoms with E-state index in [1.54, 1.807) is 36.4 Å². The summed E-state index contributed by atoms with van der Waals surface area (Å²) in [5.74, 6) is -0.968. The largest absolute Gasteiger partial charge is 0.311 e. The highest BCUT2D eigenvalue weighted by Gasteiger charge is 2.45. The molecule has 0 aliphatic carbocycles. The predicted octanol–water partition coefficient (Wildman–Crippen LogP) is 1.60. The zero-order valence-electron chi connectivity index (χ0n) is 14.0. The SMILES string of the molecule is O=S1(=O)C[C@H](NCCc2ccccc2F)[C@@H](S(=O)(=O)c2ccccc2)C1. The minimum atomic E-state index is -3.78. The van der Waals surface area contributed by atoms with Gasteiger partial charge in [0.05, 0.1) is 21.7 Å². The third-order valence-electron chi connectivity index (χ3n) is 4.53. The van der Waals surface area contributed by atoms with Crippen LogP contribution in [0.5, 0.6) is 0 Å². The monoisotopic (exact) mass is 397 g/mol. The Labute approximate surface area is 153 Å². The van der Waals surface area contributed by atoms with Crippen molar-refractivity contribution in [2.45, 2.75) is 22.6 Å². The maximum Gasteiger partial charge on any atom is 0.183 e. The van der Waals surface area contributed by atoms with E-state index in [0.717, 1.165) is 0 Å². The number of halogens is 1. The van der Waals surface area contributed by atoms with Gasteiger partial charge >= 0.3 is 0 Å². The lowest BCUT2D eigenvalue weighted by molar-refractivity contribution is 0.523. The zero-order chi connectivity index (χ0) is 18.8. The van der Waals surface area contributed by atoms with Gasteiger partial charge in [-0.1, -0.05) is 36.4 Å². The molecule has 3 rings (SSSR count). The maximum absolute atomic E-state index is 13.7. The molecule has 0 radical (unpaired) electrons. The molecule has 8 heteroatoms. The Balaban J connectivity index is 1.76. The molecule has 26 heavy (non-hydrogen) atoms. The van der Waals surface area contributed by atoms with Crippen molar-refractivity contribution < 1.29 is 21.2 Å². The average Bonchev–Trinajstić information content (AvgIpc) is 2.93.